The predicted octanol–water partition coefficient (Wildman–Crippen LogP) is 2.52. The van der Waals surface area contributed by atoms with Crippen molar-refractivity contribution in [3.63, 3.8) is 0 Å². The number of aromatic nitrogens is 3. The number of aryl methyl sites for hydroxylation is 2. The van der Waals surface area contributed by atoms with Gasteiger partial charge in [0.1, 0.15) is 5.69 Å². The Morgan fingerprint density at radius 2 is 2.31 bits per heavy atom. The highest BCUT2D eigenvalue weighted by atomic mass is 32.2. The summed E-state index contributed by atoms with van der Waals surface area (Å²) in [5, 5.41) is 4.38. The number of carbonyl (C=O) groups is 1. The molecule has 138 valence electrons. The molecule has 26 heavy (non-hydrogen) atoms. The zero-order valence-electron chi connectivity index (χ0n) is 15.2. The Morgan fingerprint density at radius 3 is 3.04 bits per heavy atom. The topological polar surface area (TPSA) is 60.2 Å². The van der Waals surface area contributed by atoms with E-state index in [1.165, 1.54) is 0 Å². The fraction of sp³-hybridized carbons (Fsp3) is 0.526. The van der Waals surface area contributed by atoms with E-state index in [-0.39, 0.29) is 16.8 Å². The maximum absolute atomic E-state index is 12.8. The Hall–Kier alpha value is -1.86. The average Bonchev–Trinajstić information content (AvgIpc) is 3.22. The number of thioether (sulfide) groups is 1. The molecule has 1 amide bonds. The molecule has 0 saturated carbocycles. The SMILES string of the molecule is CCn1nc(C)cc1C(=O)N1CC2(CC(OCc3cccnc3)CS2)C1. The normalized spacial score (nSPS) is 21.2. The van der Waals surface area contributed by atoms with Gasteiger partial charge >= 0.3 is 0 Å². The number of amides is 1. The number of nitrogens with zero attached hydrogens (tertiary/aromatic N) is 4. The molecule has 0 N–H and O–H groups in total. The zero-order chi connectivity index (χ0) is 18.1. The Bertz CT molecular complexity index is 786. The minimum absolute atomic E-state index is 0.0957. The van der Waals surface area contributed by atoms with E-state index in [1.54, 1.807) is 10.9 Å². The third-order valence-corrected chi connectivity index (χ3v) is 6.63. The number of hydrogen-bond acceptors (Lipinski definition) is 5. The van der Waals surface area contributed by atoms with Crippen LogP contribution in [0.4, 0.5) is 0 Å². The highest BCUT2D eigenvalue weighted by molar-refractivity contribution is 8.01. The van der Waals surface area contributed by atoms with Crippen LogP contribution in [0.2, 0.25) is 0 Å². The molecular formula is C19H24N4O2S. The van der Waals surface area contributed by atoms with E-state index in [0.717, 1.165) is 36.5 Å². The van der Waals surface area contributed by atoms with Crippen LogP contribution in [-0.2, 0) is 17.9 Å². The maximum Gasteiger partial charge on any atom is 0.272 e. The Kier molecular flexibility index (Phi) is 4.75. The number of hydrogen-bond donors (Lipinski definition) is 0. The second kappa shape index (κ2) is 7.04. The molecule has 0 radical (unpaired) electrons. The van der Waals surface area contributed by atoms with Gasteiger partial charge in [0.25, 0.3) is 5.91 Å². The smallest absolute Gasteiger partial charge is 0.272 e. The fourth-order valence-electron chi connectivity index (χ4n) is 3.74. The van der Waals surface area contributed by atoms with E-state index in [1.807, 2.05) is 54.9 Å². The fourth-order valence-corrected chi connectivity index (χ4v) is 5.29. The number of likely N-dealkylation sites (tertiary alicyclic amines) is 1. The van der Waals surface area contributed by atoms with Crippen molar-refractivity contribution >= 4 is 17.7 Å². The van der Waals surface area contributed by atoms with Gasteiger partial charge in [-0.3, -0.25) is 14.5 Å². The summed E-state index contributed by atoms with van der Waals surface area (Å²) in [7, 11) is 0. The molecule has 2 aromatic rings. The van der Waals surface area contributed by atoms with Gasteiger partial charge in [-0.15, -0.1) is 11.8 Å². The molecule has 0 aliphatic carbocycles. The van der Waals surface area contributed by atoms with Crippen LogP contribution in [-0.4, -0.2) is 55.3 Å². The van der Waals surface area contributed by atoms with Gasteiger partial charge in [-0.25, -0.2) is 0 Å². The molecule has 0 aromatic carbocycles. The monoisotopic (exact) mass is 372 g/mol. The van der Waals surface area contributed by atoms with Crippen LogP contribution in [0, 0.1) is 6.92 Å². The molecule has 0 bridgehead atoms. The number of pyridine rings is 1. The van der Waals surface area contributed by atoms with E-state index >= 15 is 0 Å². The molecule has 2 aliphatic heterocycles. The van der Waals surface area contributed by atoms with Gasteiger partial charge in [-0.2, -0.15) is 5.10 Å². The number of carbonyl (C=O) groups excluding carboxylic acids is 1. The van der Waals surface area contributed by atoms with E-state index in [0.29, 0.717) is 18.8 Å². The molecule has 6 nitrogen and oxygen atoms in total. The first-order valence-corrected chi connectivity index (χ1v) is 10.1. The van der Waals surface area contributed by atoms with Crippen LogP contribution >= 0.6 is 11.8 Å². The standard InChI is InChI=1S/C19H24N4O2S/c1-3-23-17(7-14(2)21-23)18(24)22-12-19(13-22)8-16(11-26-19)25-10-15-5-4-6-20-9-15/h4-7,9,16H,3,8,10-13H2,1-2H3. The van der Waals surface area contributed by atoms with Crippen molar-refractivity contribution in [1.29, 1.82) is 0 Å². The van der Waals surface area contributed by atoms with Gasteiger partial charge in [0, 0.05) is 37.8 Å². The summed E-state index contributed by atoms with van der Waals surface area (Å²) in [6.45, 7) is 6.86. The predicted molar refractivity (Wildman–Crippen MR) is 101 cm³/mol. The minimum atomic E-state index is 0.0957. The summed E-state index contributed by atoms with van der Waals surface area (Å²) >= 11 is 1.95. The lowest BCUT2D eigenvalue weighted by molar-refractivity contribution is 0.0250. The van der Waals surface area contributed by atoms with Crippen LogP contribution in [0.1, 0.15) is 35.1 Å². The highest BCUT2D eigenvalue weighted by Crippen LogP contribution is 2.46. The lowest BCUT2D eigenvalue weighted by Gasteiger charge is -2.47. The molecule has 7 heteroatoms. The highest BCUT2D eigenvalue weighted by Gasteiger charge is 2.51. The van der Waals surface area contributed by atoms with Gasteiger partial charge in [-0.1, -0.05) is 6.07 Å². The number of rotatable bonds is 5. The van der Waals surface area contributed by atoms with Gasteiger partial charge in [0.2, 0.25) is 0 Å². The minimum Gasteiger partial charge on any atom is -0.373 e. The summed E-state index contributed by atoms with van der Waals surface area (Å²) in [6, 6.07) is 5.85. The molecule has 2 aromatic heterocycles. The van der Waals surface area contributed by atoms with Crippen LogP contribution < -0.4 is 0 Å². The molecule has 1 atom stereocenters. The molecular weight excluding hydrogens is 348 g/mol. The molecule has 4 heterocycles. The lowest BCUT2D eigenvalue weighted by Crippen LogP contribution is -2.61. The molecule has 4 rings (SSSR count). The quantitative estimate of drug-likeness (QED) is 0.807. The third-order valence-electron chi connectivity index (χ3n) is 5.05. The summed E-state index contributed by atoms with van der Waals surface area (Å²) in [5.74, 6) is 1.09. The van der Waals surface area contributed by atoms with Crippen molar-refractivity contribution in [2.24, 2.45) is 0 Å². The van der Waals surface area contributed by atoms with Gasteiger partial charge < -0.3 is 9.64 Å². The second-order valence-electron chi connectivity index (χ2n) is 7.14. The Labute approximate surface area is 157 Å². The first-order valence-electron chi connectivity index (χ1n) is 9.07. The molecule has 2 fully saturated rings. The van der Waals surface area contributed by atoms with Crippen LogP contribution in [0.25, 0.3) is 0 Å². The van der Waals surface area contributed by atoms with Crippen molar-refractivity contribution in [3.8, 4) is 0 Å². The van der Waals surface area contributed by atoms with Crippen molar-refractivity contribution < 1.29 is 9.53 Å². The van der Waals surface area contributed by atoms with E-state index in [4.69, 9.17) is 4.74 Å². The molecule has 1 unspecified atom stereocenters. The van der Waals surface area contributed by atoms with Crippen molar-refractivity contribution in [2.75, 3.05) is 18.8 Å². The third kappa shape index (κ3) is 3.38. The van der Waals surface area contributed by atoms with E-state index in [9.17, 15) is 4.79 Å². The Balaban J connectivity index is 1.31. The maximum atomic E-state index is 12.8. The van der Waals surface area contributed by atoms with Crippen LogP contribution in [0.5, 0.6) is 0 Å². The van der Waals surface area contributed by atoms with Gasteiger partial charge in [-0.05, 0) is 38.0 Å². The zero-order valence-corrected chi connectivity index (χ0v) is 16.0. The summed E-state index contributed by atoms with van der Waals surface area (Å²) in [5.41, 5.74) is 2.70. The molecule has 2 aliphatic rings. The van der Waals surface area contributed by atoms with Crippen molar-refractivity contribution in [3.05, 3.63) is 47.5 Å². The van der Waals surface area contributed by atoms with Crippen LogP contribution in [0.15, 0.2) is 30.6 Å². The summed E-state index contributed by atoms with van der Waals surface area (Å²) in [4.78, 5) is 18.8. The molecule has 2 saturated heterocycles. The molecule has 1 spiro atoms. The van der Waals surface area contributed by atoms with Crippen molar-refractivity contribution in [2.45, 2.75) is 44.3 Å². The average molecular weight is 372 g/mol. The summed E-state index contributed by atoms with van der Waals surface area (Å²) < 4.78 is 8.03. The first-order chi connectivity index (χ1) is 12.6. The lowest BCUT2D eigenvalue weighted by atomic mass is 9.92. The second-order valence-corrected chi connectivity index (χ2v) is 8.63. The van der Waals surface area contributed by atoms with Crippen LogP contribution in [0.3, 0.4) is 0 Å². The van der Waals surface area contributed by atoms with Crippen molar-refractivity contribution in [1.82, 2.24) is 19.7 Å². The summed E-state index contributed by atoms with van der Waals surface area (Å²) in [6.07, 6.45) is 4.88. The van der Waals surface area contributed by atoms with E-state index in [2.05, 4.69) is 10.1 Å². The van der Waals surface area contributed by atoms with Gasteiger partial charge in [0.05, 0.1) is 23.2 Å². The largest absolute Gasteiger partial charge is 0.373 e. The van der Waals surface area contributed by atoms with E-state index < -0.39 is 0 Å². The Morgan fingerprint density at radius 1 is 1.46 bits per heavy atom. The van der Waals surface area contributed by atoms with Gasteiger partial charge in [0.15, 0.2) is 0 Å². The first kappa shape index (κ1) is 17.5. The number of ether oxygens (including phenoxy) is 1.